The molecule has 0 saturated heterocycles. The highest BCUT2D eigenvalue weighted by Crippen LogP contribution is 2.65. The van der Waals surface area contributed by atoms with E-state index in [9.17, 15) is 0 Å². The van der Waals surface area contributed by atoms with E-state index in [4.69, 9.17) is 4.74 Å². The van der Waals surface area contributed by atoms with Gasteiger partial charge in [0.05, 0.1) is 22.6 Å². The summed E-state index contributed by atoms with van der Waals surface area (Å²) in [5.41, 5.74) is 14.9. The van der Waals surface area contributed by atoms with E-state index in [1.807, 2.05) is 0 Å². The summed E-state index contributed by atoms with van der Waals surface area (Å²) in [4.78, 5) is 2.66. The average molecular weight is 710 g/mol. The van der Waals surface area contributed by atoms with Gasteiger partial charge in [0.2, 0.25) is 0 Å². The van der Waals surface area contributed by atoms with Crippen LogP contribution < -0.4 is 9.64 Å². The molecule has 3 atom stereocenters. The van der Waals surface area contributed by atoms with E-state index < -0.39 is 5.41 Å². The molecule has 6 aromatic rings. The number of allylic oxidation sites excluding steroid dienone is 6. The van der Waals surface area contributed by atoms with Gasteiger partial charge in [-0.3, -0.25) is 0 Å². The van der Waals surface area contributed by atoms with E-state index in [2.05, 4.69) is 208 Å². The zero-order valence-corrected chi connectivity index (χ0v) is 31.5. The topological polar surface area (TPSA) is 12.5 Å². The van der Waals surface area contributed by atoms with Crippen molar-refractivity contribution < 1.29 is 4.74 Å². The first-order chi connectivity index (χ1) is 26.9. The number of benzene rings is 6. The molecule has 0 amide bonds. The summed E-state index contributed by atoms with van der Waals surface area (Å²) in [5.74, 6) is 1.95. The molecule has 2 heteroatoms. The van der Waals surface area contributed by atoms with Gasteiger partial charge in [0.15, 0.2) is 0 Å². The van der Waals surface area contributed by atoms with E-state index in [1.54, 1.807) is 0 Å². The molecule has 6 aromatic carbocycles. The van der Waals surface area contributed by atoms with Gasteiger partial charge in [0, 0.05) is 28.1 Å². The zero-order valence-electron chi connectivity index (χ0n) is 31.5. The second-order valence-corrected chi connectivity index (χ2v) is 16.6. The quantitative estimate of drug-likeness (QED) is 0.177. The van der Waals surface area contributed by atoms with Crippen LogP contribution in [0.15, 0.2) is 188 Å². The average Bonchev–Trinajstić information content (AvgIpc) is 3.84. The number of ether oxygens (including phenoxy) is 1. The molecule has 0 spiro atoms. The van der Waals surface area contributed by atoms with Gasteiger partial charge in [-0.15, -0.1) is 0 Å². The molecule has 0 fully saturated rings. The van der Waals surface area contributed by atoms with Gasteiger partial charge in [-0.25, -0.2) is 0 Å². The van der Waals surface area contributed by atoms with Crippen molar-refractivity contribution >= 4 is 11.4 Å². The third-order valence-corrected chi connectivity index (χ3v) is 13.4. The van der Waals surface area contributed by atoms with Crippen molar-refractivity contribution in [1.29, 1.82) is 0 Å². The summed E-state index contributed by atoms with van der Waals surface area (Å²) in [7, 11) is 0. The Morgan fingerprint density at radius 3 is 1.95 bits per heavy atom. The van der Waals surface area contributed by atoms with E-state index in [1.165, 1.54) is 67.0 Å². The third kappa shape index (κ3) is 4.31. The standard InChI is InChI=1S/C53H43NO/c1-51(2)39-24-11-10-23-38(39)48-42(51)27-16-29-44(48)54(52(3)33-14-5-15-34-52)45-30-18-32-47-50(45)49-43(28-17-31-46(49)55-47)53(35-19-6-4-7-20-35)40-25-12-8-21-36(40)37-22-9-13-26-41(37)53/h4-33,43,49H,34H2,1-3H3. The monoisotopic (exact) mass is 709 g/mol. The van der Waals surface area contributed by atoms with Crippen molar-refractivity contribution in [2.24, 2.45) is 5.92 Å². The summed E-state index contributed by atoms with van der Waals surface area (Å²) >= 11 is 0. The van der Waals surface area contributed by atoms with Crippen LogP contribution in [0.5, 0.6) is 5.75 Å². The molecule has 3 unspecified atom stereocenters. The lowest BCUT2D eigenvalue weighted by Gasteiger charge is -2.46. The number of rotatable bonds is 5. The minimum absolute atomic E-state index is 0.0275. The van der Waals surface area contributed by atoms with Gasteiger partial charge in [-0.2, -0.15) is 0 Å². The Bertz CT molecular complexity index is 2630. The van der Waals surface area contributed by atoms with Gasteiger partial charge in [0.1, 0.15) is 11.5 Å². The van der Waals surface area contributed by atoms with Gasteiger partial charge in [0.25, 0.3) is 0 Å². The van der Waals surface area contributed by atoms with Crippen molar-refractivity contribution in [1.82, 2.24) is 0 Å². The summed E-state index contributed by atoms with van der Waals surface area (Å²) < 4.78 is 7.04. The molecule has 0 N–H and O–H groups in total. The minimum atomic E-state index is -0.452. The number of anilines is 2. The van der Waals surface area contributed by atoms with Crippen LogP contribution in [-0.4, -0.2) is 5.54 Å². The second-order valence-electron chi connectivity index (χ2n) is 16.6. The molecule has 1 heterocycles. The number of hydrogen-bond acceptors (Lipinski definition) is 2. The maximum atomic E-state index is 7.04. The SMILES string of the molecule is CC1(C)c2ccccc2-c2c(N(c3cccc4c3C3C(=CC=CC3C3(c5ccccc5)c5ccccc5-c5ccccc53)O4)C3(C)C=CC=CC3)cccc21. The second kappa shape index (κ2) is 11.7. The molecule has 0 aromatic heterocycles. The molecule has 0 bridgehead atoms. The van der Waals surface area contributed by atoms with Crippen LogP contribution >= 0.6 is 0 Å². The minimum Gasteiger partial charge on any atom is -0.461 e. The normalized spacial score (nSPS) is 22.4. The highest BCUT2D eigenvalue weighted by Gasteiger charge is 2.56. The predicted molar refractivity (Wildman–Crippen MR) is 226 cm³/mol. The lowest BCUT2D eigenvalue weighted by atomic mass is 9.58. The van der Waals surface area contributed by atoms with Gasteiger partial charge >= 0.3 is 0 Å². The van der Waals surface area contributed by atoms with Crippen LogP contribution in [0.4, 0.5) is 11.4 Å². The molecule has 0 saturated carbocycles. The molecule has 55 heavy (non-hydrogen) atoms. The lowest BCUT2D eigenvalue weighted by molar-refractivity contribution is 0.348. The summed E-state index contributed by atoms with van der Waals surface area (Å²) in [6, 6.07) is 52.1. The van der Waals surface area contributed by atoms with Gasteiger partial charge in [-0.05, 0) is 82.1 Å². The van der Waals surface area contributed by atoms with Crippen molar-refractivity contribution in [2.75, 3.05) is 4.90 Å². The molecule has 4 aliphatic carbocycles. The van der Waals surface area contributed by atoms with E-state index in [0.717, 1.165) is 17.9 Å². The van der Waals surface area contributed by atoms with Crippen LogP contribution in [0.25, 0.3) is 22.3 Å². The Kier molecular flexibility index (Phi) is 6.87. The van der Waals surface area contributed by atoms with Crippen LogP contribution in [0.1, 0.15) is 66.5 Å². The van der Waals surface area contributed by atoms with Crippen molar-refractivity contribution in [2.45, 2.75) is 49.5 Å². The van der Waals surface area contributed by atoms with Crippen molar-refractivity contribution in [3.8, 4) is 28.0 Å². The van der Waals surface area contributed by atoms with E-state index in [-0.39, 0.29) is 22.8 Å². The molecule has 5 aliphatic rings. The fraction of sp³-hybridized carbons (Fsp3) is 0.170. The Balaban J connectivity index is 1.19. The number of fused-ring (bicyclic) bond motifs is 9. The smallest absolute Gasteiger partial charge is 0.133 e. The molecule has 2 nitrogen and oxygen atoms in total. The van der Waals surface area contributed by atoms with E-state index >= 15 is 0 Å². The molecular weight excluding hydrogens is 667 g/mol. The first-order valence-electron chi connectivity index (χ1n) is 19.7. The molecule has 266 valence electrons. The number of hydrogen-bond donors (Lipinski definition) is 0. The van der Waals surface area contributed by atoms with Crippen LogP contribution in [0, 0.1) is 5.92 Å². The number of nitrogens with zero attached hydrogens (tertiary/aromatic N) is 1. The highest BCUT2D eigenvalue weighted by atomic mass is 16.5. The summed E-state index contributed by atoms with van der Waals surface area (Å²) in [6.45, 7) is 7.15. The fourth-order valence-electron chi connectivity index (χ4n) is 11.0. The van der Waals surface area contributed by atoms with Crippen LogP contribution in [0.2, 0.25) is 0 Å². The lowest BCUT2D eigenvalue weighted by Crippen LogP contribution is -2.44. The van der Waals surface area contributed by atoms with Crippen LogP contribution in [-0.2, 0) is 10.8 Å². The predicted octanol–water partition coefficient (Wildman–Crippen LogP) is 13.0. The Hall–Kier alpha value is -6.12. The Morgan fingerprint density at radius 1 is 0.582 bits per heavy atom. The highest BCUT2D eigenvalue weighted by molar-refractivity contribution is 5.94. The largest absolute Gasteiger partial charge is 0.461 e. The summed E-state index contributed by atoms with van der Waals surface area (Å²) in [6.07, 6.45) is 17.0. The van der Waals surface area contributed by atoms with Gasteiger partial charge in [-0.1, -0.05) is 172 Å². The van der Waals surface area contributed by atoms with Gasteiger partial charge < -0.3 is 9.64 Å². The van der Waals surface area contributed by atoms with Crippen molar-refractivity contribution in [3.63, 3.8) is 0 Å². The summed E-state index contributed by atoms with van der Waals surface area (Å²) in [5, 5.41) is 0. The fourth-order valence-corrected chi connectivity index (χ4v) is 11.0. The molecule has 11 rings (SSSR count). The Morgan fingerprint density at radius 2 is 1.22 bits per heavy atom. The molecule has 1 aliphatic heterocycles. The van der Waals surface area contributed by atoms with E-state index in [0.29, 0.717) is 0 Å². The maximum Gasteiger partial charge on any atom is 0.133 e. The molecular formula is C53H43NO. The van der Waals surface area contributed by atoms with Crippen LogP contribution in [0.3, 0.4) is 0 Å². The Labute approximate surface area is 324 Å². The first kappa shape index (κ1) is 32.3. The van der Waals surface area contributed by atoms with Crippen molar-refractivity contribution in [3.05, 3.63) is 221 Å². The first-order valence-corrected chi connectivity index (χ1v) is 19.7. The third-order valence-electron chi connectivity index (χ3n) is 13.4. The molecule has 0 radical (unpaired) electrons. The maximum absolute atomic E-state index is 7.04. The zero-order chi connectivity index (χ0) is 36.9.